The summed E-state index contributed by atoms with van der Waals surface area (Å²) in [6.45, 7) is 6.39. The third-order valence-electron chi connectivity index (χ3n) is 1.82. The summed E-state index contributed by atoms with van der Waals surface area (Å²) in [7, 11) is -2.83. The van der Waals surface area contributed by atoms with Gasteiger partial charge in [0.15, 0.2) is 0 Å². The molecule has 0 bridgehead atoms. The highest BCUT2D eigenvalue weighted by atomic mass is 32.2. The second-order valence-corrected chi connectivity index (χ2v) is 6.32. The van der Waals surface area contributed by atoms with Gasteiger partial charge in [0.05, 0.1) is 5.75 Å². The number of hydrogen-bond acceptors (Lipinski definition) is 4. The van der Waals surface area contributed by atoms with Crippen molar-refractivity contribution >= 4 is 9.84 Å². The van der Waals surface area contributed by atoms with E-state index in [0.717, 1.165) is 13.0 Å². The van der Waals surface area contributed by atoms with Crippen LogP contribution < -0.4 is 5.32 Å². The van der Waals surface area contributed by atoms with E-state index < -0.39 is 9.84 Å². The fraction of sp³-hybridized carbons (Fsp3) is 1.00. The fourth-order valence-electron chi connectivity index (χ4n) is 1.09. The van der Waals surface area contributed by atoms with Crippen molar-refractivity contribution < 1.29 is 13.2 Å². The Labute approximate surface area is 93.3 Å². The Morgan fingerprint density at radius 3 is 2.33 bits per heavy atom. The highest BCUT2D eigenvalue weighted by Gasteiger charge is 2.00. The zero-order chi connectivity index (χ0) is 11.7. The summed E-state index contributed by atoms with van der Waals surface area (Å²) in [6, 6.07) is 0.509. The van der Waals surface area contributed by atoms with Crippen LogP contribution in [0.25, 0.3) is 0 Å². The van der Waals surface area contributed by atoms with Crippen LogP contribution in [0, 0.1) is 0 Å². The largest absolute Gasteiger partial charge is 0.381 e. The zero-order valence-electron chi connectivity index (χ0n) is 9.95. The Kier molecular flexibility index (Phi) is 8.00. The summed E-state index contributed by atoms with van der Waals surface area (Å²) >= 11 is 0. The molecule has 5 heteroatoms. The Balaban J connectivity index is 3.12. The Hall–Kier alpha value is -0.130. The Bertz CT molecular complexity index is 237. The predicted octanol–water partition coefficient (Wildman–Crippen LogP) is 0.826. The number of hydrogen-bond donors (Lipinski definition) is 1. The standard InChI is InChI=1S/C10H23NO3S/c1-10(2)11-6-4-7-14-8-5-9-15(3,12)13/h10-11H,4-9H2,1-3H3. The van der Waals surface area contributed by atoms with Crippen LogP contribution in [0.3, 0.4) is 0 Å². The highest BCUT2D eigenvalue weighted by Crippen LogP contribution is 1.91. The van der Waals surface area contributed by atoms with E-state index in [9.17, 15) is 8.42 Å². The van der Waals surface area contributed by atoms with Crippen molar-refractivity contribution in [1.82, 2.24) is 5.32 Å². The van der Waals surface area contributed by atoms with Gasteiger partial charge in [-0.2, -0.15) is 0 Å². The first-order chi connectivity index (χ1) is 6.92. The molecule has 92 valence electrons. The summed E-state index contributed by atoms with van der Waals surface area (Å²) in [5, 5.41) is 3.28. The molecule has 0 aromatic rings. The molecule has 0 aliphatic rings. The molecule has 0 aromatic carbocycles. The molecule has 4 nitrogen and oxygen atoms in total. The maximum atomic E-state index is 10.8. The molecule has 0 saturated heterocycles. The fourth-order valence-corrected chi connectivity index (χ4v) is 1.73. The molecule has 0 heterocycles. The van der Waals surface area contributed by atoms with Crippen molar-refractivity contribution in [2.24, 2.45) is 0 Å². The lowest BCUT2D eigenvalue weighted by atomic mass is 10.3. The van der Waals surface area contributed by atoms with E-state index in [1.165, 1.54) is 6.26 Å². The SMILES string of the molecule is CC(C)NCCCOCCCS(C)(=O)=O. The summed E-state index contributed by atoms with van der Waals surface area (Å²) in [6.07, 6.45) is 2.81. The topological polar surface area (TPSA) is 55.4 Å². The van der Waals surface area contributed by atoms with Gasteiger partial charge >= 0.3 is 0 Å². The van der Waals surface area contributed by atoms with Gasteiger partial charge in [0, 0.05) is 25.5 Å². The van der Waals surface area contributed by atoms with Crippen LogP contribution in [0.1, 0.15) is 26.7 Å². The second-order valence-electron chi connectivity index (χ2n) is 4.06. The quantitative estimate of drug-likeness (QED) is 0.603. The van der Waals surface area contributed by atoms with Crippen molar-refractivity contribution in [3.05, 3.63) is 0 Å². The first-order valence-electron chi connectivity index (χ1n) is 5.40. The molecule has 1 N–H and O–H groups in total. The van der Waals surface area contributed by atoms with Crippen molar-refractivity contribution in [1.29, 1.82) is 0 Å². The van der Waals surface area contributed by atoms with Crippen molar-refractivity contribution in [3.63, 3.8) is 0 Å². The number of sulfone groups is 1. The van der Waals surface area contributed by atoms with Gasteiger partial charge in [0.2, 0.25) is 0 Å². The first-order valence-corrected chi connectivity index (χ1v) is 7.47. The maximum absolute atomic E-state index is 10.8. The van der Waals surface area contributed by atoms with Gasteiger partial charge in [0.25, 0.3) is 0 Å². The molecule has 0 spiro atoms. The molecule has 0 saturated carbocycles. The molecule has 0 rings (SSSR count). The van der Waals surface area contributed by atoms with Crippen molar-refractivity contribution in [3.8, 4) is 0 Å². The van der Waals surface area contributed by atoms with E-state index in [-0.39, 0.29) is 5.75 Å². The van der Waals surface area contributed by atoms with Gasteiger partial charge in [-0.15, -0.1) is 0 Å². The lowest BCUT2D eigenvalue weighted by molar-refractivity contribution is 0.132. The molecule has 0 unspecified atom stereocenters. The van der Waals surface area contributed by atoms with Crippen LogP contribution >= 0.6 is 0 Å². The molecule has 0 radical (unpaired) electrons. The van der Waals surface area contributed by atoms with Crippen molar-refractivity contribution in [2.45, 2.75) is 32.7 Å². The van der Waals surface area contributed by atoms with E-state index in [1.54, 1.807) is 0 Å². The third-order valence-corrected chi connectivity index (χ3v) is 2.85. The van der Waals surface area contributed by atoms with Crippen molar-refractivity contribution in [2.75, 3.05) is 31.8 Å². The lowest BCUT2D eigenvalue weighted by Crippen LogP contribution is -2.24. The Morgan fingerprint density at radius 2 is 1.80 bits per heavy atom. The molecule has 0 fully saturated rings. The minimum atomic E-state index is -2.83. The molecule has 15 heavy (non-hydrogen) atoms. The summed E-state index contributed by atoms with van der Waals surface area (Å²) in [5.41, 5.74) is 0. The molecule has 0 aliphatic carbocycles. The number of ether oxygens (including phenoxy) is 1. The normalized spacial score (nSPS) is 12.3. The van der Waals surface area contributed by atoms with Gasteiger partial charge in [-0.3, -0.25) is 0 Å². The van der Waals surface area contributed by atoms with E-state index in [1.807, 2.05) is 0 Å². The van der Waals surface area contributed by atoms with Gasteiger partial charge in [-0.05, 0) is 19.4 Å². The van der Waals surface area contributed by atoms with Gasteiger partial charge < -0.3 is 10.1 Å². The minimum Gasteiger partial charge on any atom is -0.381 e. The highest BCUT2D eigenvalue weighted by molar-refractivity contribution is 7.90. The van der Waals surface area contributed by atoms with E-state index >= 15 is 0 Å². The number of rotatable bonds is 9. The monoisotopic (exact) mass is 237 g/mol. The second kappa shape index (κ2) is 8.07. The van der Waals surface area contributed by atoms with Crippen LogP contribution in [-0.2, 0) is 14.6 Å². The van der Waals surface area contributed by atoms with Crippen LogP contribution in [0.2, 0.25) is 0 Å². The lowest BCUT2D eigenvalue weighted by Gasteiger charge is -2.07. The van der Waals surface area contributed by atoms with E-state index in [2.05, 4.69) is 19.2 Å². The van der Waals surface area contributed by atoms with Crippen LogP contribution in [0.5, 0.6) is 0 Å². The predicted molar refractivity (Wildman–Crippen MR) is 62.9 cm³/mol. The summed E-state index contributed by atoms with van der Waals surface area (Å²) in [4.78, 5) is 0. The molecule has 0 atom stereocenters. The summed E-state index contributed by atoms with van der Waals surface area (Å²) < 4.78 is 26.9. The maximum Gasteiger partial charge on any atom is 0.147 e. The van der Waals surface area contributed by atoms with Gasteiger partial charge in [0.1, 0.15) is 9.84 Å². The first kappa shape index (κ1) is 14.9. The molecule has 0 amide bonds. The van der Waals surface area contributed by atoms with E-state index in [0.29, 0.717) is 25.7 Å². The van der Waals surface area contributed by atoms with Gasteiger partial charge in [-0.25, -0.2) is 8.42 Å². The smallest absolute Gasteiger partial charge is 0.147 e. The number of nitrogens with one attached hydrogen (secondary N) is 1. The van der Waals surface area contributed by atoms with Gasteiger partial charge in [-0.1, -0.05) is 13.8 Å². The summed E-state index contributed by atoms with van der Waals surface area (Å²) in [5.74, 6) is 0.219. The average molecular weight is 237 g/mol. The van der Waals surface area contributed by atoms with Crippen LogP contribution in [-0.4, -0.2) is 46.2 Å². The van der Waals surface area contributed by atoms with Crippen LogP contribution in [0.15, 0.2) is 0 Å². The minimum absolute atomic E-state index is 0.219. The van der Waals surface area contributed by atoms with Crippen LogP contribution in [0.4, 0.5) is 0 Å². The molecule has 0 aromatic heterocycles. The molecule has 0 aliphatic heterocycles. The zero-order valence-corrected chi connectivity index (χ0v) is 10.8. The third kappa shape index (κ3) is 13.9. The molecular formula is C10H23NO3S. The Morgan fingerprint density at radius 1 is 1.20 bits per heavy atom. The molecular weight excluding hydrogens is 214 g/mol. The average Bonchev–Trinajstić information content (AvgIpc) is 2.07. The van der Waals surface area contributed by atoms with E-state index in [4.69, 9.17) is 4.74 Å².